The molecule has 4 aromatic rings. The Kier molecular flexibility index (Phi) is 17.8. The fraction of sp³-hybridized carbons (Fsp3) is 0.292. The van der Waals surface area contributed by atoms with Gasteiger partial charge in [0.25, 0.3) is 0 Å². The molecule has 4 aromatic carbocycles. The minimum absolute atomic E-state index is 0.202. The van der Waals surface area contributed by atoms with Gasteiger partial charge in [0.15, 0.2) is 0 Å². The van der Waals surface area contributed by atoms with Crippen molar-refractivity contribution in [1.29, 1.82) is 0 Å². The van der Waals surface area contributed by atoms with Crippen LogP contribution in [0.25, 0.3) is 0 Å². The van der Waals surface area contributed by atoms with E-state index in [9.17, 15) is 19.2 Å². The number of esters is 4. The lowest BCUT2D eigenvalue weighted by atomic mass is 10.1. The maximum absolute atomic E-state index is 13.3. The summed E-state index contributed by atoms with van der Waals surface area (Å²) < 4.78 is 33.2. The van der Waals surface area contributed by atoms with Gasteiger partial charge in [-0.1, -0.05) is 37.4 Å². The summed E-state index contributed by atoms with van der Waals surface area (Å²) in [6, 6.07) is 26.1. The molecule has 12 heteroatoms. The van der Waals surface area contributed by atoms with Crippen molar-refractivity contribution in [3.8, 4) is 23.0 Å². The van der Waals surface area contributed by atoms with E-state index in [2.05, 4.69) is 29.4 Å². The Hall–Kier alpha value is -6.82. The average Bonchev–Trinajstić information content (AvgIpc) is 3.69. The lowest BCUT2D eigenvalue weighted by Gasteiger charge is -2.11. The molecule has 5 rings (SSSR count). The number of carbonyl (C=O) groups excluding carboxylic acids is 4. The standard InChI is InChI=1S/C48H50N2O10/c1-3-45(51)57-31-13-7-5-11-29-55-39-22-17-36(18-23-39)47(53)59-41-26-28-44(38(33-41)34-49-50-43-27-21-35-15-9-10-16-42(35)43)60-48(54)37-19-24-40(25-20-37)56-30-12-6-8-14-32-58-46(52)4-2/h3-4,9-10,15-20,22-26,28,33-34H,1-2,5-8,11-14,21,27,29-32H2/b49-34+,50-43+. The van der Waals surface area contributed by atoms with Crippen LogP contribution in [0.15, 0.2) is 127 Å². The van der Waals surface area contributed by atoms with Gasteiger partial charge in [-0.15, -0.1) is 0 Å². The Balaban J connectivity index is 1.16. The number of hydrogen-bond donors (Lipinski definition) is 0. The lowest BCUT2D eigenvalue weighted by molar-refractivity contribution is -0.138. The predicted octanol–water partition coefficient (Wildman–Crippen LogP) is 9.23. The normalized spacial score (nSPS) is 12.4. The number of ether oxygens (including phenoxy) is 6. The van der Waals surface area contributed by atoms with Gasteiger partial charge in [-0.05, 0) is 137 Å². The maximum Gasteiger partial charge on any atom is 0.343 e. The number of aryl methyl sites for hydroxylation is 1. The van der Waals surface area contributed by atoms with Gasteiger partial charge in [0.05, 0.1) is 49.5 Å². The maximum atomic E-state index is 13.3. The van der Waals surface area contributed by atoms with Gasteiger partial charge in [-0.3, -0.25) is 0 Å². The summed E-state index contributed by atoms with van der Waals surface area (Å²) >= 11 is 0. The lowest BCUT2D eigenvalue weighted by Crippen LogP contribution is -2.11. The second kappa shape index (κ2) is 24.2. The van der Waals surface area contributed by atoms with E-state index >= 15 is 0 Å². The molecule has 0 bridgehead atoms. The second-order valence-electron chi connectivity index (χ2n) is 13.7. The molecule has 1 aliphatic rings. The highest BCUT2D eigenvalue weighted by Crippen LogP contribution is 2.27. The molecule has 0 saturated heterocycles. The van der Waals surface area contributed by atoms with Crippen molar-refractivity contribution in [2.45, 2.75) is 64.2 Å². The van der Waals surface area contributed by atoms with Crippen LogP contribution in [0.3, 0.4) is 0 Å². The summed E-state index contributed by atoms with van der Waals surface area (Å²) in [4.78, 5) is 48.7. The van der Waals surface area contributed by atoms with Crippen LogP contribution in [0.1, 0.15) is 95.2 Å². The zero-order valence-electron chi connectivity index (χ0n) is 33.7. The smallest absolute Gasteiger partial charge is 0.343 e. The van der Waals surface area contributed by atoms with Crippen molar-refractivity contribution in [1.82, 2.24) is 0 Å². The fourth-order valence-electron chi connectivity index (χ4n) is 6.11. The van der Waals surface area contributed by atoms with Crippen LogP contribution >= 0.6 is 0 Å². The molecule has 0 aromatic heterocycles. The van der Waals surface area contributed by atoms with E-state index in [1.807, 2.05) is 18.2 Å². The summed E-state index contributed by atoms with van der Waals surface area (Å²) in [6.45, 7) is 8.52. The molecule has 312 valence electrons. The minimum Gasteiger partial charge on any atom is -0.494 e. The summed E-state index contributed by atoms with van der Waals surface area (Å²) in [7, 11) is 0. The average molecular weight is 815 g/mol. The topological polar surface area (TPSA) is 148 Å². The van der Waals surface area contributed by atoms with Gasteiger partial charge in [0, 0.05) is 23.3 Å². The molecule has 60 heavy (non-hydrogen) atoms. The van der Waals surface area contributed by atoms with Crippen molar-refractivity contribution in [3.05, 3.63) is 144 Å². The van der Waals surface area contributed by atoms with Gasteiger partial charge >= 0.3 is 23.9 Å². The number of rotatable bonds is 24. The van der Waals surface area contributed by atoms with Crippen molar-refractivity contribution in [2.75, 3.05) is 26.4 Å². The van der Waals surface area contributed by atoms with Crippen molar-refractivity contribution in [3.63, 3.8) is 0 Å². The van der Waals surface area contributed by atoms with Gasteiger partial charge in [0.2, 0.25) is 0 Å². The van der Waals surface area contributed by atoms with Crippen molar-refractivity contribution < 1.29 is 47.6 Å². The first-order valence-electron chi connectivity index (χ1n) is 20.1. The van der Waals surface area contributed by atoms with Crippen LogP contribution in [0.2, 0.25) is 0 Å². The van der Waals surface area contributed by atoms with Gasteiger partial charge in [-0.25, -0.2) is 19.2 Å². The largest absolute Gasteiger partial charge is 0.494 e. The molecule has 0 aliphatic heterocycles. The SMILES string of the molecule is C=CC(=O)OCCCCCCOc1ccc(C(=O)Oc2ccc(OC(=O)c3ccc(OCCCCCCOC(=O)C=C)cc3)c(/C=N/N=C3\CCc4ccccc43)c2)cc1. The predicted molar refractivity (Wildman–Crippen MR) is 228 cm³/mol. The Morgan fingerprint density at radius 1 is 0.567 bits per heavy atom. The summed E-state index contributed by atoms with van der Waals surface area (Å²) in [5.74, 6) is -0.339. The zero-order chi connectivity index (χ0) is 42.4. The number of carbonyl (C=O) groups is 4. The molecule has 1 aliphatic carbocycles. The second-order valence-corrected chi connectivity index (χ2v) is 13.7. The molecule has 0 saturated carbocycles. The van der Waals surface area contributed by atoms with Gasteiger partial charge in [-0.2, -0.15) is 10.2 Å². The van der Waals surface area contributed by atoms with E-state index in [4.69, 9.17) is 28.4 Å². The Bertz CT molecular complexity index is 2140. The number of hydrogen-bond acceptors (Lipinski definition) is 12. The summed E-state index contributed by atoms with van der Waals surface area (Å²) in [5.41, 5.74) is 4.14. The van der Waals surface area contributed by atoms with Crippen LogP contribution in [-0.2, 0) is 25.5 Å². The minimum atomic E-state index is -0.594. The van der Waals surface area contributed by atoms with Crippen LogP contribution in [0.4, 0.5) is 0 Å². The molecule has 0 unspecified atom stereocenters. The van der Waals surface area contributed by atoms with Gasteiger partial charge in [0.1, 0.15) is 23.0 Å². The highest BCUT2D eigenvalue weighted by molar-refractivity contribution is 6.04. The number of nitrogens with zero attached hydrogens (tertiary/aromatic N) is 2. The number of unbranched alkanes of at least 4 members (excludes halogenated alkanes) is 6. The van der Waals surface area contributed by atoms with Crippen LogP contribution < -0.4 is 18.9 Å². The molecular formula is C48H50N2O10. The molecule has 0 spiro atoms. The molecule has 0 atom stereocenters. The molecule has 12 nitrogen and oxygen atoms in total. The molecule has 0 amide bonds. The summed E-state index contributed by atoms with van der Waals surface area (Å²) in [6.07, 6.45) is 12.3. The van der Waals surface area contributed by atoms with Gasteiger partial charge < -0.3 is 28.4 Å². The van der Waals surface area contributed by atoms with Crippen molar-refractivity contribution >= 4 is 35.8 Å². The first kappa shape index (κ1) is 44.3. The quantitative estimate of drug-likeness (QED) is 0.0167. The first-order chi connectivity index (χ1) is 29.3. The monoisotopic (exact) mass is 814 g/mol. The van der Waals surface area contributed by atoms with E-state index in [0.717, 1.165) is 87.6 Å². The molecular weight excluding hydrogens is 765 g/mol. The Labute approximate surface area is 350 Å². The van der Waals surface area contributed by atoms with Crippen LogP contribution in [0.5, 0.6) is 23.0 Å². The van der Waals surface area contributed by atoms with E-state index in [1.54, 1.807) is 66.7 Å². The summed E-state index contributed by atoms with van der Waals surface area (Å²) in [5, 5.41) is 8.82. The highest BCUT2D eigenvalue weighted by Gasteiger charge is 2.18. The van der Waals surface area contributed by atoms with E-state index < -0.39 is 23.9 Å². The molecule has 0 N–H and O–H groups in total. The number of benzene rings is 4. The highest BCUT2D eigenvalue weighted by atomic mass is 16.5. The third-order valence-corrected chi connectivity index (χ3v) is 9.35. The van der Waals surface area contributed by atoms with Crippen LogP contribution in [-0.4, -0.2) is 62.2 Å². The third kappa shape index (κ3) is 14.5. The van der Waals surface area contributed by atoms with E-state index in [0.29, 0.717) is 54.6 Å². The Morgan fingerprint density at radius 3 is 1.65 bits per heavy atom. The third-order valence-electron chi connectivity index (χ3n) is 9.35. The first-order valence-corrected chi connectivity index (χ1v) is 20.1. The number of fused-ring (bicyclic) bond motifs is 1. The zero-order valence-corrected chi connectivity index (χ0v) is 33.7. The molecule has 0 heterocycles. The molecule has 0 radical (unpaired) electrons. The molecule has 0 fully saturated rings. The fourth-order valence-corrected chi connectivity index (χ4v) is 6.11. The van der Waals surface area contributed by atoms with E-state index in [1.165, 1.54) is 11.8 Å². The van der Waals surface area contributed by atoms with Crippen LogP contribution in [0, 0.1) is 0 Å². The van der Waals surface area contributed by atoms with E-state index in [-0.39, 0.29) is 11.5 Å². The Morgan fingerprint density at radius 2 is 1.08 bits per heavy atom. The van der Waals surface area contributed by atoms with Crippen molar-refractivity contribution in [2.24, 2.45) is 10.2 Å².